The molecule has 6 heteroatoms. The van der Waals surface area contributed by atoms with Gasteiger partial charge in [-0.2, -0.15) is 0 Å². The van der Waals surface area contributed by atoms with Gasteiger partial charge in [0, 0.05) is 17.4 Å². The Morgan fingerprint density at radius 3 is 2.75 bits per heavy atom. The third-order valence-electron chi connectivity index (χ3n) is 2.74. The maximum Gasteiger partial charge on any atom is 0.247 e. The highest BCUT2D eigenvalue weighted by molar-refractivity contribution is 6.30. The van der Waals surface area contributed by atoms with Crippen molar-refractivity contribution in [3.05, 3.63) is 53.4 Å². The number of anilines is 1. The number of halogens is 1. The summed E-state index contributed by atoms with van der Waals surface area (Å²) in [5.41, 5.74) is 0.823. The van der Waals surface area contributed by atoms with Crippen LogP contribution in [0.3, 0.4) is 0 Å². The predicted molar refractivity (Wildman–Crippen MR) is 78.5 cm³/mol. The van der Waals surface area contributed by atoms with Crippen molar-refractivity contribution in [2.75, 3.05) is 19.4 Å². The van der Waals surface area contributed by atoms with E-state index in [0.717, 1.165) is 5.56 Å². The van der Waals surface area contributed by atoms with Gasteiger partial charge in [-0.25, -0.2) is 4.98 Å². The second-order valence-corrected chi connectivity index (χ2v) is 4.94. The van der Waals surface area contributed by atoms with Crippen LogP contribution in [0.5, 0.6) is 0 Å². The fraction of sp³-hybridized carbons (Fsp3) is 0.214. The molecule has 1 unspecified atom stereocenters. The second kappa shape index (κ2) is 6.45. The number of carbonyl (C=O) groups excluding carboxylic acids is 1. The Kier molecular flexibility index (Phi) is 4.65. The Morgan fingerprint density at radius 2 is 2.15 bits per heavy atom. The normalized spacial score (nSPS) is 12.2. The molecule has 0 spiro atoms. The third-order valence-corrected chi connectivity index (χ3v) is 2.98. The zero-order chi connectivity index (χ0) is 14.5. The number of hydrogen-bond acceptors (Lipinski definition) is 4. The van der Waals surface area contributed by atoms with Crippen LogP contribution in [-0.2, 0) is 4.79 Å². The molecule has 0 aliphatic carbocycles. The van der Waals surface area contributed by atoms with Crippen molar-refractivity contribution in [3.8, 4) is 0 Å². The third kappa shape index (κ3) is 3.53. The predicted octanol–water partition coefficient (Wildman–Crippen LogP) is 2.37. The molecule has 5 nitrogen and oxygen atoms in total. The lowest BCUT2D eigenvalue weighted by Crippen LogP contribution is -2.32. The average Bonchev–Trinajstić information content (AvgIpc) is 2.39. The van der Waals surface area contributed by atoms with Crippen LogP contribution in [0.15, 0.2) is 42.9 Å². The Morgan fingerprint density at radius 1 is 1.35 bits per heavy atom. The van der Waals surface area contributed by atoms with Crippen LogP contribution in [0.25, 0.3) is 0 Å². The number of aromatic nitrogens is 2. The van der Waals surface area contributed by atoms with Gasteiger partial charge in [0.05, 0.1) is 6.20 Å². The highest BCUT2D eigenvalue weighted by atomic mass is 35.5. The molecular formula is C14H15ClN4O. The van der Waals surface area contributed by atoms with Crippen LogP contribution >= 0.6 is 11.6 Å². The fourth-order valence-electron chi connectivity index (χ4n) is 1.92. The van der Waals surface area contributed by atoms with Gasteiger partial charge in [-0.15, -0.1) is 0 Å². The SMILES string of the molecule is CN(C)C(C(=O)Nc1cnccn1)c1cccc(Cl)c1. The van der Waals surface area contributed by atoms with Gasteiger partial charge in [0.25, 0.3) is 0 Å². The second-order valence-electron chi connectivity index (χ2n) is 4.50. The van der Waals surface area contributed by atoms with Crippen molar-refractivity contribution in [2.45, 2.75) is 6.04 Å². The fourth-order valence-corrected chi connectivity index (χ4v) is 2.12. The van der Waals surface area contributed by atoms with Crippen LogP contribution in [0.2, 0.25) is 5.02 Å². The Hall–Kier alpha value is -1.98. The Balaban J connectivity index is 2.23. The Labute approximate surface area is 122 Å². The molecule has 0 radical (unpaired) electrons. The standard InChI is InChI=1S/C14H15ClN4O/c1-19(2)13(10-4-3-5-11(15)8-10)14(20)18-12-9-16-6-7-17-12/h3-9,13H,1-2H3,(H,17,18,20). The average molecular weight is 291 g/mol. The number of carbonyl (C=O) groups is 1. The first-order chi connectivity index (χ1) is 9.58. The molecule has 1 amide bonds. The summed E-state index contributed by atoms with van der Waals surface area (Å²) in [4.78, 5) is 22.2. The van der Waals surface area contributed by atoms with Crippen LogP contribution in [0, 0.1) is 0 Å². The maximum absolute atomic E-state index is 12.4. The highest BCUT2D eigenvalue weighted by Gasteiger charge is 2.23. The zero-order valence-corrected chi connectivity index (χ0v) is 12.0. The van der Waals surface area contributed by atoms with Gasteiger partial charge < -0.3 is 5.32 Å². The molecule has 0 aliphatic heterocycles. The van der Waals surface area contributed by atoms with Crippen molar-refractivity contribution in [2.24, 2.45) is 0 Å². The number of rotatable bonds is 4. The first-order valence-corrected chi connectivity index (χ1v) is 6.44. The Bertz CT molecular complexity index is 589. The van der Waals surface area contributed by atoms with E-state index in [0.29, 0.717) is 10.8 Å². The van der Waals surface area contributed by atoms with Crippen molar-refractivity contribution in [1.82, 2.24) is 14.9 Å². The molecule has 0 fully saturated rings. The van der Waals surface area contributed by atoms with Crippen molar-refractivity contribution in [1.29, 1.82) is 0 Å². The van der Waals surface area contributed by atoms with Gasteiger partial charge in [0.2, 0.25) is 5.91 Å². The minimum Gasteiger partial charge on any atom is -0.308 e. The quantitative estimate of drug-likeness (QED) is 0.939. The molecule has 1 N–H and O–H groups in total. The van der Waals surface area contributed by atoms with Crippen molar-refractivity contribution >= 4 is 23.3 Å². The summed E-state index contributed by atoms with van der Waals surface area (Å²) in [6, 6.07) is 6.80. The molecule has 0 bridgehead atoms. The molecule has 1 aromatic carbocycles. The number of nitrogens with zero attached hydrogens (tertiary/aromatic N) is 3. The molecule has 1 atom stereocenters. The molecule has 2 aromatic rings. The molecule has 0 saturated carbocycles. The smallest absolute Gasteiger partial charge is 0.247 e. The van der Waals surface area contributed by atoms with Gasteiger partial charge >= 0.3 is 0 Å². The van der Waals surface area contributed by atoms with Crippen LogP contribution in [-0.4, -0.2) is 34.9 Å². The van der Waals surface area contributed by atoms with E-state index in [9.17, 15) is 4.79 Å². The number of nitrogens with one attached hydrogen (secondary N) is 1. The first kappa shape index (κ1) is 14.4. The lowest BCUT2D eigenvalue weighted by Gasteiger charge is -2.23. The van der Waals surface area contributed by atoms with E-state index < -0.39 is 6.04 Å². The van der Waals surface area contributed by atoms with E-state index in [-0.39, 0.29) is 5.91 Å². The molecule has 20 heavy (non-hydrogen) atoms. The maximum atomic E-state index is 12.4. The molecule has 0 aliphatic rings. The molecule has 1 heterocycles. The number of likely N-dealkylation sites (N-methyl/N-ethyl adjacent to an activating group) is 1. The molecular weight excluding hydrogens is 276 g/mol. The van der Waals surface area contributed by atoms with Crippen molar-refractivity contribution < 1.29 is 4.79 Å². The summed E-state index contributed by atoms with van der Waals surface area (Å²) < 4.78 is 0. The lowest BCUT2D eigenvalue weighted by molar-refractivity contribution is -0.120. The van der Waals surface area contributed by atoms with Gasteiger partial charge in [0.15, 0.2) is 5.82 Å². The molecule has 104 valence electrons. The largest absolute Gasteiger partial charge is 0.308 e. The summed E-state index contributed by atoms with van der Waals surface area (Å²) in [5.74, 6) is 0.240. The van der Waals surface area contributed by atoms with E-state index in [4.69, 9.17) is 11.6 Å². The molecule has 0 saturated heterocycles. The summed E-state index contributed by atoms with van der Waals surface area (Å²) in [6.45, 7) is 0. The van der Waals surface area contributed by atoms with Gasteiger partial charge in [-0.05, 0) is 31.8 Å². The number of hydrogen-bond donors (Lipinski definition) is 1. The summed E-state index contributed by atoms with van der Waals surface area (Å²) in [7, 11) is 3.67. The molecule has 1 aromatic heterocycles. The summed E-state index contributed by atoms with van der Waals surface area (Å²) in [5, 5.41) is 3.34. The van der Waals surface area contributed by atoms with E-state index in [1.165, 1.54) is 12.4 Å². The van der Waals surface area contributed by atoms with Crippen molar-refractivity contribution in [3.63, 3.8) is 0 Å². The first-order valence-electron chi connectivity index (χ1n) is 6.06. The van der Waals surface area contributed by atoms with E-state index in [1.54, 1.807) is 18.3 Å². The van der Waals surface area contributed by atoms with E-state index >= 15 is 0 Å². The van der Waals surface area contributed by atoms with Crippen LogP contribution in [0.4, 0.5) is 5.82 Å². The number of benzene rings is 1. The van der Waals surface area contributed by atoms with E-state index in [1.807, 2.05) is 31.1 Å². The minimum absolute atomic E-state index is 0.183. The monoisotopic (exact) mass is 290 g/mol. The summed E-state index contributed by atoms with van der Waals surface area (Å²) >= 11 is 5.99. The highest BCUT2D eigenvalue weighted by Crippen LogP contribution is 2.22. The molecule has 2 rings (SSSR count). The van der Waals surface area contributed by atoms with Crippen LogP contribution in [0.1, 0.15) is 11.6 Å². The van der Waals surface area contributed by atoms with Gasteiger partial charge in [-0.3, -0.25) is 14.7 Å². The number of amides is 1. The van der Waals surface area contributed by atoms with Gasteiger partial charge in [0.1, 0.15) is 6.04 Å². The van der Waals surface area contributed by atoms with Crippen LogP contribution < -0.4 is 5.32 Å². The minimum atomic E-state index is -0.448. The van der Waals surface area contributed by atoms with Gasteiger partial charge in [-0.1, -0.05) is 23.7 Å². The lowest BCUT2D eigenvalue weighted by atomic mass is 10.1. The van der Waals surface area contributed by atoms with E-state index in [2.05, 4.69) is 15.3 Å². The topological polar surface area (TPSA) is 58.1 Å². The zero-order valence-electron chi connectivity index (χ0n) is 11.2. The summed E-state index contributed by atoms with van der Waals surface area (Å²) in [6.07, 6.45) is 4.58.